The maximum Gasteiger partial charge on any atom is 0.100 e. The van der Waals surface area contributed by atoms with E-state index in [9.17, 15) is 10.2 Å². The molecule has 2 aromatic rings. The Balaban J connectivity index is 1.91. The topological polar surface area (TPSA) is 61.5 Å². The van der Waals surface area contributed by atoms with Crippen LogP contribution in [-0.2, 0) is 6.54 Å². The lowest BCUT2D eigenvalue weighted by Gasteiger charge is -2.38. The highest BCUT2D eigenvalue weighted by molar-refractivity contribution is 5.48. The lowest BCUT2D eigenvalue weighted by atomic mass is 9.93. The fourth-order valence-electron chi connectivity index (χ4n) is 3.49. The van der Waals surface area contributed by atoms with Crippen molar-refractivity contribution >= 4 is 0 Å². The number of hydrogen-bond donors (Lipinski definition) is 2. The van der Waals surface area contributed by atoms with E-state index in [2.05, 4.69) is 36.0 Å². The number of nitrogens with zero attached hydrogens (tertiary/aromatic N) is 3. The van der Waals surface area contributed by atoms with Crippen molar-refractivity contribution in [2.24, 2.45) is 0 Å². The number of aryl methyl sites for hydroxylation is 2. The van der Waals surface area contributed by atoms with E-state index in [1.165, 1.54) is 16.7 Å². The van der Waals surface area contributed by atoms with Crippen LogP contribution in [0, 0.1) is 13.8 Å². The molecule has 0 amide bonds. The number of likely N-dealkylation sites (tertiary alicyclic amines) is 1. The van der Waals surface area contributed by atoms with Gasteiger partial charge in [-0.15, -0.1) is 0 Å². The van der Waals surface area contributed by atoms with Crippen molar-refractivity contribution in [3.8, 4) is 5.69 Å². The van der Waals surface area contributed by atoms with Crippen molar-refractivity contribution in [2.75, 3.05) is 19.7 Å². The highest BCUT2D eigenvalue weighted by Crippen LogP contribution is 2.26. The number of β-amino-alcohol motifs (C(OH)–C–C–N with tert-alkyl or cyclic N) is 1. The Morgan fingerprint density at radius 2 is 2.13 bits per heavy atom. The monoisotopic (exact) mass is 315 g/mol. The van der Waals surface area contributed by atoms with Crippen molar-refractivity contribution in [3.05, 3.63) is 47.3 Å². The molecular weight excluding hydrogens is 290 g/mol. The van der Waals surface area contributed by atoms with Crippen LogP contribution < -0.4 is 0 Å². The van der Waals surface area contributed by atoms with Crippen LogP contribution in [0.1, 0.15) is 29.5 Å². The van der Waals surface area contributed by atoms with Gasteiger partial charge in [0.25, 0.3) is 0 Å². The second-order valence-electron chi connectivity index (χ2n) is 6.73. The summed E-state index contributed by atoms with van der Waals surface area (Å²) in [5.41, 5.74) is 3.78. The quantitative estimate of drug-likeness (QED) is 0.903. The van der Waals surface area contributed by atoms with Crippen LogP contribution in [0.3, 0.4) is 0 Å². The standard InChI is InChI=1S/C18H25N3O2/c1-14-9-15(2)16(17(10-14)21-8-4-6-19-21)11-20-7-3-5-18(23,12-20)13-22/h4,6,8-10,22-23H,3,5,7,11-13H2,1-2H3/t18-/m1/s1. The lowest BCUT2D eigenvalue weighted by Crippen LogP contribution is -2.50. The Kier molecular flexibility index (Phi) is 4.53. The average Bonchev–Trinajstić information content (AvgIpc) is 3.04. The first-order chi connectivity index (χ1) is 11.0. The zero-order valence-electron chi connectivity index (χ0n) is 13.9. The zero-order chi connectivity index (χ0) is 16.4. The largest absolute Gasteiger partial charge is 0.393 e. The molecule has 1 aliphatic rings. The first-order valence-corrected chi connectivity index (χ1v) is 8.16. The molecule has 1 saturated heterocycles. The fraction of sp³-hybridized carbons (Fsp3) is 0.500. The molecule has 5 nitrogen and oxygen atoms in total. The van der Waals surface area contributed by atoms with Crippen LogP contribution in [0.4, 0.5) is 0 Å². The van der Waals surface area contributed by atoms with E-state index in [0.29, 0.717) is 13.0 Å². The van der Waals surface area contributed by atoms with Crippen molar-refractivity contribution in [1.82, 2.24) is 14.7 Å². The molecule has 0 aliphatic carbocycles. The van der Waals surface area contributed by atoms with Gasteiger partial charge in [-0.25, -0.2) is 4.68 Å². The molecule has 1 fully saturated rings. The summed E-state index contributed by atoms with van der Waals surface area (Å²) < 4.78 is 1.90. The van der Waals surface area contributed by atoms with Gasteiger partial charge in [-0.2, -0.15) is 5.10 Å². The number of aliphatic hydroxyl groups excluding tert-OH is 1. The first-order valence-electron chi connectivity index (χ1n) is 8.16. The number of rotatable bonds is 4. The van der Waals surface area contributed by atoms with Gasteiger partial charge in [0.1, 0.15) is 5.60 Å². The van der Waals surface area contributed by atoms with Gasteiger partial charge in [0.2, 0.25) is 0 Å². The molecule has 124 valence electrons. The van der Waals surface area contributed by atoms with Crippen LogP contribution in [0.2, 0.25) is 0 Å². The predicted molar refractivity (Wildman–Crippen MR) is 89.6 cm³/mol. The molecule has 0 saturated carbocycles. The summed E-state index contributed by atoms with van der Waals surface area (Å²) in [6, 6.07) is 6.26. The van der Waals surface area contributed by atoms with Crippen LogP contribution >= 0.6 is 0 Å². The third kappa shape index (κ3) is 3.47. The number of hydrogen-bond acceptors (Lipinski definition) is 4. The molecule has 2 N–H and O–H groups in total. The lowest BCUT2D eigenvalue weighted by molar-refractivity contribution is -0.0687. The summed E-state index contributed by atoms with van der Waals surface area (Å²) in [5, 5.41) is 24.2. The Morgan fingerprint density at radius 3 is 2.83 bits per heavy atom. The number of aromatic nitrogens is 2. The fourth-order valence-corrected chi connectivity index (χ4v) is 3.49. The van der Waals surface area contributed by atoms with E-state index in [1.807, 2.05) is 16.9 Å². The first kappa shape index (κ1) is 16.2. The molecule has 1 aromatic carbocycles. The molecular formula is C18H25N3O2. The number of benzene rings is 1. The minimum absolute atomic E-state index is 0.178. The molecule has 1 atom stereocenters. The maximum atomic E-state index is 10.4. The number of piperidine rings is 1. The summed E-state index contributed by atoms with van der Waals surface area (Å²) in [6.07, 6.45) is 5.31. The van der Waals surface area contributed by atoms with Gasteiger partial charge in [-0.05, 0) is 62.1 Å². The van der Waals surface area contributed by atoms with Gasteiger partial charge >= 0.3 is 0 Å². The van der Waals surface area contributed by atoms with Gasteiger partial charge in [0, 0.05) is 25.5 Å². The Bertz CT molecular complexity index is 669. The summed E-state index contributed by atoms with van der Waals surface area (Å²) in [6.45, 7) is 6.24. The van der Waals surface area contributed by atoms with Crippen molar-refractivity contribution in [3.63, 3.8) is 0 Å². The minimum atomic E-state index is -0.970. The molecule has 1 aliphatic heterocycles. The molecule has 0 bridgehead atoms. The summed E-state index contributed by atoms with van der Waals surface area (Å²) in [5.74, 6) is 0. The molecule has 0 spiro atoms. The van der Waals surface area contributed by atoms with Gasteiger partial charge < -0.3 is 10.2 Å². The van der Waals surface area contributed by atoms with E-state index in [0.717, 1.165) is 25.2 Å². The molecule has 1 aromatic heterocycles. The Morgan fingerprint density at radius 1 is 1.30 bits per heavy atom. The van der Waals surface area contributed by atoms with E-state index in [-0.39, 0.29) is 6.61 Å². The predicted octanol–water partition coefficient (Wildman–Crippen LogP) is 1.81. The maximum absolute atomic E-state index is 10.4. The zero-order valence-corrected chi connectivity index (χ0v) is 13.9. The molecule has 0 unspecified atom stereocenters. The molecule has 3 rings (SSSR count). The van der Waals surface area contributed by atoms with Crippen molar-refractivity contribution in [1.29, 1.82) is 0 Å². The Labute approximate surface area is 137 Å². The number of aliphatic hydroxyl groups is 2. The van der Waals surface area contributed by atoms with Crippen LogP contribution in [0.25, 0.3) is 5.69 Å². The average molecular weight is 315 g/mol. The summed E-state index contributed by atoms with van der Waals surface area (Å²) in [7, 11) is 0. The molecule has 23 heavy (non-hydrogen) atoms. The Hall–Kier alpha value is -1.69. The third-order valence-corrected chi connectivity index (χ3v) is 4.66. The highest BCUT2D eigenvalue weighted by atomic mass is 16.3. The van der Waals surface area contributed by atoms with Gasteiger partial charge in [-0.3, -0.25) is 4.90 Å². The van der Waals surface area contributed by atoms with Crippen LogP contribution in [-0.4, -0.2) is 50.2 Å². The normalized spacial score (nSPS) is 22.4. The summed E-state index contributed by atoms with van der Waals surface area (Å²) >= 11 is 0. The highest BCUT2D eigenvalue weighted by Gasteiger charge is 2.32. The van der Waals surface area contributed by atoms with E-state index in [4.69, 9.17) is 0 Å². The van der Waals surface area contributed by atoms with Crippen molar-refractivity contribution in [2.45, 2.75) is 38.8 Å². The van der Waals surface area contributed by atoms with E-state index >= 15 is 0 Å². The SMILES string of the molecule is Cc1cc(C)c(CN2CCC[C@](O)(CO)C2)c(-n2cccn2)c1. The third-order valence-electron chi connectivity index (χ3n) is 4.66. The van der Waals surface area contributed by atoms with Gasteiger partial charge in [0.05, 0.1) is 12.3 Å². The second kappa shape index (κ2) is 6.43. The smallest absolute Gasteiger partial charge is 0.100 e. The van der Waals surface area contributed by atoms with Crippen LogP contribution in [0.5, 0.6) is 0 Å². The summed E-state index contributed by atoms with van der Waals surface area (Å²) in [4.78, 5) is 2.23. The molecule has 5 heteroatoms. The van der Waals surface area contributed by atoms with Crippen LogP contribution in [0.15, 0.2) is 30.6 Å². The minimum Gasteiger partial charge on any atom is -0.393 e. The van der Waals surface area contributed by atoms with Crippen molar-refractivity contribution < 1.29 is 10.2 Å². The van der Waals surface area contributed by atoms with Gasteiger partial charge in [0.15, 0.2) is 0 Å². The molecule has 0 radical (unpaired) electrons. The van der Waals surface area contributed by atoms with E-state index in [1.54, 1.807) is 6.20 Å². The van der Waals surface area contributed by atoms with E-state index < -0.39 is 5.60 Å². The second-order valence-corrected chi connectivity index (χ2v) is 6.73. The molecule has 2 heterocycles. The van der Waals surface area contributed by atoms with Gasteiger partial charge in [-0.1, -0.05) is 6.07 Å².